The molecule has 0 saturated heterocycles. The van der Waals surface area contributed by atoms with Gasteiger partial charge in [0, 0.05) is 13.1 Å². The highest BCUT2D eigenvalue weighted by Gasteiger charge is 2.07. The lowest BCUT2D eigenvalue weighted by Crippen LogP contribution is -1.89. The first-order chi connectivity index (χ1) is 5.68. The number of rotatable bonds is 0. The zero-order valence-corrected chi connectivity index (χ0v) is 7.63. The SMILES string of the molecule is Cn1nnc2c(Cl)nc(Cl)cc21. The molecule has 0 amide bonds. The molecule has 2 rings (SSSR count). The molecule has 0 N–H and O–H groups in total. The van der Waals surface area contributed by atoms with Crippen LogP contribution in [0.4, 0.5) is 0 Å². The highest BCUT2D eigenvalue weighted by atomic mass is 35.5. The Kier molecular flexibility index (Phi) is 1.66. The van der Waals surface area contributed by atoms with Crippen LogP contribution in [0.1, 0.15) is 0 Å². The summed E-state index contributed by atoms with van der Waals surface area (Å²) in [6.45, 7) is 0. The number of halogens is 2. The van der Waals surface area contributed by atoms with Gasteiger partial charge >= 0.3 is 0 Å². The molecule has 0 aliphatic carbocycles. The van der Waals surface area contributed by atoms with Crippen LogP contribution in [0.5, 0.6) is 0 Å². The van der Waals surface area contributed by atoms with E-state index in [9.17, 15) is 0 Å². The molecular weight excluding hydrogens is 199 g/mol. The summed E-state index contributed by atoms with van der Waals surface area (Å²) in [5.74, 6) is 0. The maximum absolute atomic E-state index is 5.76. The summed E-state index contributed by atoms with van der Waals surface area (Å²) >= 11 is 11.5. The first kappa shape index (κ1) is 7.76. The number of hydrogen-bond donors (Lipinski definition) is 0. The summed E-state index contributed by atoms with van der Waals surface area (Å²) < 4.78 is 1.59. The number of nitrogens with zero attached hydrogens (tertiary/aromatic N) is 4. The Morgan fingerprint density at radius 1 is 1.42 bits per heavy atom. The van der Waals surface area contributed by atoms with Gasteiger partial charge in [0.1, 0.15) is 5.15 Å². The Balaban J connectivity index is 2.92. The molecule has 2 aromatic rings. The van der Waals surface area contributed by atoms with Gasteiger partial charge in [-0.15, -0.1) is 5.10 Å². The van der Waals surface area contributed by atoms with Crippen molar-refractivity contribution in [1.29, 1.82) is 0 Å². The fraction of sp³-hybridized carbons (Fsp3) is 0.167. The Labute approximate surface area is 78.1 Å². The van der Waals surface area contributed by atoms with E-state index in [2.05, 4.69) is 15.3 Å². The van der Waals surface area contributed by atoms with Crippen molar-refractivity contribution in [1.82, 2.24) is 20.0 Å². The van der Waals surface area contributed by atoms with Crippen LogP contribution in [0.15, 0.2) is 6.07 Å². The Morgan fingerprint density at radius 2 is 2.17 bits per heavy atom. The lowest BCUT2D eigenvalue weighted by molar-refractivity contribution is 0.736. The second-order valence-electron chi connectivity index (χ2n) is 2.32. The van der Waals surface area contributed by atoms with Crippen LogP contribution in [0.2, 0.25) is 10.3 Å². The Bertz CT molecular complexity index is 436. The van der Waals surface area contributed by atoms with Crippen molar-refractivity contribution in [3.8, 4) is 0 Å². The smallest absolute Gasteiger partial charge is 0.160 e. The van der Waals surface area contributed by atoms with Crippen LogP contribution < -0.4 is 0 Å². The summed E-state index contributed by atoms with van der Waals surface area (Å²) in [5.41, 5.74) is 1.35. The van der Waals surface area contributed by atoms with E-state index in [0.717, 1.165) is 5.52 Å². The third-order valence-corrected chi connectivity index (χ3v) is 1.98. The molecule has 62 valence electrons. The molecule has 0 saturated carbocycles. The van der Waals surface area contributed by atoms with Crippen LogP contribution in [0, 0.1) is 0 Å². The molecule has 0 bridgehead atoms. The van der Waals surface area contributed by atoms with Crippen molar-refractivity contribution in [2.45, 2.75) is 0 Å². The van der Waals surface area contributed by atoms with Gasteiger partial charge in [0.2, 0.25) is 0 Å². The van der Waals surface area contributed by atoms with Crippen LogP contribution in [-0.4, -0.2) is 20.0 Å². The molecule has 2 heterocycles. The highest BCUT2D eigenvalue weighted by Crippen LogP contribution is 2.21. The van der Waals surface area contributed by atoms with Crippen LogP contribution in [0.3, 0.4) is 0 Å². The predicted octanol–water partition coefficient (Wildman–Crippen LogP) is 1.67. The first-order valence-electron chi connectivity index (χ1n) is 3.20. The van der Waals surface area contributed by atoms with E-state index in [0.29, 0.717) is 10.7 Å². The molecule has 0 aliphatic rings. The predicted molar refractivity (Wildman–Crippen MR) is 46.3 cm³/mol. The Hall–Kier alpha value is -0.870. The minimum Gasteiger partial charge on any atom is -0.247 e. The van der Waals surface area contributed by atoms with Crippen molar-refractivity contribution in [3.05, 3.63) is 16.4 Å². The van der Waals surface area contributed by atoms with Gasteiger partial charge < -0.3 is 0 Å². The summed E-state index contributed by atoms with van der Waals surface area (Å²) in [5, 5.41) is 8.23. The standard InChI is InChI=1S/C6H4Cl2N4/c1-12-3-2-4(7)9-6(8)5(3)10-11-12/h2H,1H3. The van der Waals surface area contributed by atoms with Gasteiger partial charge in [-0.1, -0.05) is 28.4 Å². The van der Waals surface area contributed by atoms with Gasteiger partial charge in [0.25, 0.3) is 0 Å². The molecule has 0 aromatic carbocycles. The first-order valence-corrected chi connectivity index (χ1v) is 3.95. The molecule has 0 radical (unpaired) electrons. The summed E-state index contributed by atoms with van der Waals surface area (Å²) in [6.07, 6.45) is 0. The zero-order valence-electron chi connectivity index (χ0n) is 6.12. The van der Waals surface area contributed by atoms with Crippen molar-refractivity contribution >= 4 is 34.2 Å². The Morgan fingerprint density at radius 3 is 2.92 bits per heavy atom. The van der Waals surface area contributed by atoms with E-state index in [1.807, 2.05) is 0 Å². The second kappa shape index (κ2) is 2.57. The van der Waals surface area contributed by atoms with E-state index in [4.69, 9.17) is 23.2 Å². The zero-order chi connectivity index (χ0) is 8.72. The molecule has 6 heteroatoms. The number of fused-ring (bicyclic) bond motifs is 1. The maximum atomic E-state index is 5.76. The van der Waals surface area contributed by atoms with Crippen molar-refractivity contribution < 1.29 is 0 Å². The summed E-state index contributed by atoms with van der Waals surface area (Å²) in [7, 11) is 1.77. The lowest BCUT2D eigenvalue weighted by Gasteiger charge is -1.93. The van der Waals surface area contributed by atoms with Crippen LogP contribution >= 0.6 is 23.2 Å². The van der Waals surface area contributed by atoms with E-state index in [-0.39, 0.29) is 5.15 Å². The van der Waals surface area contributed by atoms with Crippen LogP contribution in [-0.2, 0) is 7.05 Å². The molecule has 4 nitrogen and oxygen atoms in total. The molecule has 0 spiro atoms. The van der Waals surface area contributed by atoms with E-state index in [1.165, 1.54) is 0 Å². The lowest BCUT2D eigenvalue weighted by atomic mass is 10.4. The molecule has 0 fully saturated rings. The average Bonchev–Trinajstić information content (AvgIpc) is 2.33. The number of hydrogen-bond acceptors (Lipinski definition) is 3. The monoisotopic (exact) mass is 202 g/mol. The molecule has 0 aliphatic heterocycles. The molecular formula is C6H4Cl2N4. The van der Waals surface area contributed by atoms with Gasteiger partial charge in [-0.25, -0.2) is 9.67 Å². The molecule has 2 aromatic heterocycles. The van der Waals surface area contributed by atoms with Gasteiger partial charge in [-0.2, -0.15) is 0 Å². The normalized spacial score (nSPS) is 10.9. The number of aryl methyl sites for hydroxylation is 1. The minimum atomic E-state index is 0.283. The number of aromatic nitrogens is 4. The van der Waals surface area contributed by atoms with E-state index >= 15 is 0 Å². The van der Waals surface area contributed by atoms with Gasteiger partial charge in [-0.3, -0.25) is 0 Å². The summed E-state index contributed by atoms with van der Waals surface area (Å²) in [4.78, 5) is 3.83. The molecule has 0 atom stereocenters. The quantitative estimate of drug-likeness (QED) is 0.611. The molecule has 12 heavy (non-hydrogen) atoms. The minimum absolute atomic E-state index is 0.283. The van der Waals surface area contributed by atoms with Crippen molar-refractivity contribution in [3.63, 3.8) is 0 Å². The van der Waals surface area contributed by atoms with Gasteiger partial charge in [0.05, 0.1) is 5.52 Å². The van der Waals surface area contributed by atoms with Gasteiger partial charge in [-0.05, 0) is 0 Å². The maximum Gasteiger partial charge on any atom is 0.160 e. The van der Waals surface area contributed by atoms with Crippen molar-refractivity contribution in [2.24, 2.45) is 7.05 Å². The fourth-order valence-corrected chi connectivity index (χ4v) is 1.42. The summed E-state index contributed by atoms with van der Waals surface area (Å²) in [6, 6.07) is 1.67. The van der Waals surface area contributed by atoms with E-state index < -0.39 is 0 Å². The van der Waals surface area contributed by atoms with E-state index in [1.54, 1.807) is 17.8 Å². The topological polar surface area (TPSA) is 43.6 Å². The van der Waals surface area contributed by atoms with Gasteiger partial charge in [0.15, 0.2) is 10.7 Å². The van der Waals surface area contributed by atoms with Crippen molar-refractivity contribution in [2.75, 3.05) is 0 Å². The average molecular weight is 203 g/mol. The van der Waals surface area contributed by atoms with Crippen LogP contribution in [0.25, 0.3) is 11.0 Å². The molecule has 0 unspecified atom stereocenters. The largest absolute Gasteiger partial charge is 0.247 e. The number of pyridine rings is 1. The second-order valence-corrected chi connectivity index (χ2v) is 3.06. The third-order valence-electron chi connectivity index (χ3n) is 1.53. The fourth-order valence-electron chi connectivity index (χ4n) is 0.965. The third kappa shape index (κ3) is 1.04. The highest BCUT2D eigenvalue weighted by molar-refractivity contribution is 6.35.